The number of hydrogen-bond donors (Lipinski definition) is 1. The second-order valence-corrected chi connectivity index (χ2v) is 3.76. The maximum absolute atomic E-state index is 10.5. The van der Waals surface area contributed by atoms with E-state index in [2.05, 4.69) is 0 Å². The van der Waals surface area contributed by atoms with Gasteiger partial charge in [-0.3, -0.25) is 4.79 Å². The average Bonchev–Trinajstić information content (AvgIpc) is 2.63. The number of aldehydes is 1. The van der Waals surface area contributed by atoms with Crippen LogP contribution in [0.25, 0.3) is 0 Å². The monoisotopic (exact) mass is 220 g/mol. The van der Waals surface area contributed by atoms with Crippen LogP contribution in [0.2, 0.25) is 0 Å². The maximum atomic E-state index is 10.5. The largest absolute Gasteiger partial charge is 0.467 e. The molecule has 1 aromatic rings. The molecule has 0 saturated carbocycles. The molecule has 1 aliphatic rings. The Kier molecular flexibility index (Phi) is 2.44. The predicted molar refractivity (Wildman–Crippen MR) is 56.6 cm³/mol. The normalized spacial score (nSPS) is 18.4. The number of rotatable bonds is 2. The molecule has 0 bridgehead atoms. The highest BCUT2D eigenvalue weighted by Crippen LogP contribution is 2.32. The van der Waals surface area contributed by atoms with Gasteiger partial charge in [0.25, 0.3) is 0 Å². The van der Waals surface area contributed by atoms with Crippen molar-refractivity contribution >= 4 is 6.29 Å². The lowest BCUT2D eigenvalue weighted by atomic mass is 9.97. The zero-order valence-electron chi connectivity index (χ0n) is 9.06. The van der Waals surface area contributed by atoms with Gasteiger partial charge in [0.15, 0.2) is 17.6 Å². The van der Waals surface area contributed by atoms with Gasteiger partial charge in [0.2, 0.25) is 0 Å². The predicted octanol–water partition coefficient (Wildman–Crippen LogP) is 2.12. The fourth-order valence-corrected chi connectivity index (χ4v) is 1.75. The van der Waals surface area contributed by atoms with Crippen LogP contribution < -0.4 is 0 Å². The lowest BCUT2D eigenvalue weighted by molar-refractivity contribution is 0.0918. The molecule has 0 fully saturated rings. The SMILES string of the molecule is CC1=CC(O)(c2ccc(C=O)o2)C=C(C)O1. The number of allylic oxidation sites excluding steroid dienone is 2. The third-order valence-electron chi connectivity index (χ3n) is 2.31. The van der Waals surface area contributed by atoms with Crippen LogP contribution in [-0.2, 0) is 10.3 Å². The molecular weight excluding hydrogens is 208 g/mol. The van der Waals surface area contributed by atoms with Crippen molar-refractivity contribution < 1.29 is 19.1 Å². The summed E-state index contributed by atoms with van der Waals surface area (Å²) >= 11 is 0. The molecule has 4 nitrogen and oxygen atoms in total. The van der Waals surface area contributed by atoms with Gasteiger partial charge >= 0.3 is 0 Å². The van der Waals surface area contributed by atoms with Crippen molar-refractivity contribution in [2.45, 2.75) is 19.4 Å². The summed E-state index contributed by atoms with van der Waals surface area (Å²) in [5.41, 5.74) is -1.34. The third kappa shape index (κ3) is 1.79. The summed E-state index contributed by atoms with van der Waals surface area (Å²) in [6, 6.07) is 3.09. The summed E-state index contributed by atoms with van der Waals surface area (Å²) in [7, 11) is 0. The lowest BCUT2D eigenvalue weighted by Crippen LogP contribution is -2.23. The second-order valence-electron chi connectivity index (χ2n) is 3.76. The third-order valence-corrected chi connectivity index (χ3v) is 2.31. The molecule has 1 N–H and O–H groups in total. The molecule has 1 aliphatic heterocycles. The van der Waals surface area contributed by atoms with Crippen molar-refractivity contribution in [1.29, 1.82) is 0 Å². The lowest BCUT2D eigenvalue weighted by Gasteiger charge is -2.24. The molecule has 0 spiro atoms. The minimum atomic E-state index is -1.34. The number of carbonyl (C=O) groups is 1. The molecule has 0 aliphatic carbocycles. The first-order valence-corrected chi connectivity index (χ1v) is 4.88. The minimum absolute atomic E-state index is 0.187. The van der Waals surface area contributed by atoms with E-state index >= 15 is 0 Å². The number of ether oxygens (including phenoxy) is 1. The van der Waals surface area contributed by atoms with Gasteiger partial charge < -0.3 is 14.3 Å². The van der Waals surface area contributed by atoms with Gasteiger partial charge in [0.1, 0.15) is 17.3 Å². The first-order chi connectivity index (χ1) is 7.53. The van der Waals surface area contributed by atoms with Gasteiger partial charge in [-0.05, 0) is 38.1 Å². The van der Waals surface area contributed by atoms with Crippen molar-refractivity contribution in [1.82, 2.24) is 0 Å². The van der Waals surface area contributed by atoms with Crippen molar-refractivity contribution in [2.24, 2.45) is 0 Å². The number of furan rings is 1. The Hall–Kier alpha value is -1.81. The summed E-state index contributed by atoms with van der Waals surface area (Å²) in [4.78, 5) is 10.5. The Morgan fingerprint density at radius 2 is 1.88 bits per heavy atom. The fourth-order valence-electron chi connectivity index (χ4n) is 1.75. The van der Waals surface area contributed by atoms with Crippen molar-refractivity contribution in [3.05, 3.63) is 47.3 Å². The van der Waals surface area contributed by atoms with Crippen LogP contribution in [-0.4, -0.2) is 11.4 Å². The number of hydrogen-bond acceptors (Lipinski definition) is 4. The van der Waals surface area contributed by atoms with Gasteiger partial charge in [-0.25, -0.2) is 0 Å². The molecule has 0 radical (unpaired) electrons. The molecule has 84 valence electrons. The second kappa shape index (κ2) is 3.64. The van der Waals surface area contributed by atoms with Crippen LogP contribution in [0.3, 0.4) is 0 Å². The Bertz CT molecular complexity index is 461. The quantitative estimate of drug-likeness (QED) is 0.775. The smallest absolute Gasteiger partial charge is 0.185 e. The Morgan fingerprint density at radius 3 is 2.38 bits per heavy atom. The molecule has 0 atom stereocenters. The molecule has 2 rings (SSSR count). The summed E-state index contributed by atoms with van der Waals surface area (Å²) in [5, 5.41) is 10.3. The molecular formula is C12H12O4. The zero-order chi connectivity index (χ0) is 11.8. The summed E-state index contributed by atoms with van der Waals surface area (Å²) < 4.78 is 10.5. The van der Waals surface area contributed by atoms with E-state index in [1.165, 1.54) is 18.2 Å². The van der Waals surface area contributed by atoms with E-state index in [1.54, 1.807) is 19.9 Å². The van der Waals surface area contributed by atoms with E-state index in [9.17, 15) is 9.90 Å². The highest BCUT2D eigenvalue weighted by Gasteiger charge is 2.31. The molecule has 2 heterocycles. The Labute approximate surface area is 92.8 Å². The first-order valence-electron chi connectivity index (χ1n) is 4.88. The number of carbonyl (C=O) groups excluding carboxylic acids is 1. The van der Waals surface area contributed by atoms with E-state index in [-0.39, 0.29) is 5.76 Å². The molecule has 16 heavy (non-hydrogen) atoms. The van der Waals surface area contributed by atoms with Crippen molar-refractivity contribution in [3.8, 4) is 0 Å². The van der Waals surface area contributed by atoms with Crippen molar-refractivity contribution in [2.75, 3.05) is 0 Å². The van der Waals surface area contributed by atoms with Gasteiger partial charge in [0, 0.05) is 0 Å². The molecule has 0 aromatic carbocycles. The highest BCUT2D eigenvalue weighted by atomic mass is 16.5. The highest BCUT2D eigenvalue weighted by molar-refractivity contribution is 5.70. The average molecular weight is 220 g/mol. The van der Waals surface area contributed by atoms with Crippen LogP contribution in [0.4, 0.5) is 0 Å². The Balaban J connectivity index is 2.44. The number of aliphatic hydroxyl groups is 1. The van der Waals surface area contributed by atoms with Gasteiger partial charge in [0.05, 0.1) is 0 Å². The standard InChI is InChI=1S/C12H12O4/c1-8-5-12(14,6-9(2)15-8)11-4-3-10(7-13)16-11/h3-7,14H,1-2H3. The fraction of sp³-hybridized carbons (Fsp3) is 0.250. The van der Waals surface area contributed by atoms with Crippen LogP contribution >= 0.6 is 0 Å². The molecule has 0 unspecified atom stereocenters. The maximum Gasteiger partial charge on any atom is 0.185 e. The molecule has 1 aromatic heterocycles. The molecule has 0 saturated heterocycles. The van der Waals surface area contributed by atoms with Crippen LogP contribution in [0, 0.1) is 0 Å². The van der Waals surface area contributed by atoms with Gasteiger partial charge in [-0.1, -0.05) is 0 Å². The van der Waals surface area contributed by atoms with Crippen LogP contribution in [0.5, 0.6) is 0 Å². The van der Waals surface area contributed by atoms with Gasteiger partial charge in [-0.15, -0.1) is 0 Å². The van der Waals surface area contributed by atoms with E-state index in [1.807, 2.05) is 0 Å². The topological polar surface area (TPSA) is 59.7 Å². The van der Waals surface area contributed by atoms with Gasteiger partial charge in [-0.2, -0.15) is 0 Å². The summed E-state index contributed by atoms with van der Waals surface area (Å²) in [5.74, 6) is 1.67. The van der Waals surface area contributed by atoms with E-state index in [0.717, 1.165) is 0 Å². The first kappa shape index (κ1) is 10.7. The van der Waals surface area contributed by atoms with E-state index in [0.29, 0.717) is 23.6 Å². The Morgan fingerprint density at radius 1 is 1.25 bits per heavy atom. The van der Waals surface area contributed by atoms with E-state index in [4.69, 9.17) is 9.15 Å². The van der Waals surface area contributed by atoms with Crippen LogP contribution in [0.1, 0.15) is 30.2 Å². The molecule has 0 amide bonds. The zero-order valence-corrected chi connectivity index (χ0v) is 9.06. The van der Waals surface area contributed by atoms with E-state index < -0.39 is 5.60 Å². The summed E-state index contributed by atoms with van der Waals surface area (Å²) in [6.45, 7) is 3.48. The van der Waals surface area contributed by atoms with Crippen LogP contribution in [0.15, 0.2) is 40.2 Å². The minimum Gasteiger partial charge on any atom is -0.467 e. The molecule has 4 heteroatoms. The summed E-state index contributed by atoms with van der Waals surface area (Å²) in [6.07, 6.45) is 3.67. The van der Waals surface area contributed by atoms with Crippen molar-refractivity contribution in [3.63, 3.8) is 0 Å².